The molecule has 0 saturated heterocycles. The summed E-state index contributed by atoms with van der Waals surface area (Å²) in [6.45, 7) is 3.57. The summed E-state index contributed by atoms with van der Waals surface area (Å²) in [5.41, 5.74) is 0.701. The molecule has 1 unspecified atom stereocenters. The molecule has 0 aromatic heterocycles. The zero-order valence-corrected chi connectivity index (χ0v) is 12.5. The number of carbonyl (C=O) groups is 1. The summed E-state index contributed by atoms with van der Waals surface area (Å²) < 4.78 is 31.5. The average molecular weight is 301 g/mol. The quantitative estimate of drug-likeness (QED) is 0.790. The lowest BCUT2D eigenvalue weighted by atomic mass is 10.1. The molecule has 6 nitrogen and oxygen atoms in total. The van der Waals surface area contributed by atoms with Crippen LogP contribution in [0.25, 0.3) is 0 Å². The number of sulfonamides is 1. The molecule has 20 heavy (non-hydrogen) atoms. The predicted molar refractivity (Wildman–Crippen MR) is 73.7 cm³/mol. The molecule has 2 N–H and O–H groups in total. The van der Waals surface area contributed by atoms with Gasteiger partial charge in [0.2, 0.25) is 10.0 Å². The number of hydrogen-bond acceptors (Lipinski definition) is 4. The maximum atomic E-state index is 12.2. The first-order chi connectivity index (χ1) is 9.27. The molecule has 0 radical (unpaired) electrons. The Morgan fingerprint density at radius 1 is 1.40 bits per heavy atom. The van der Waals surface area contributed by atoms with Gasteiger partial charge in [-0.1, -0.05) is 26.0 Å². The molecular formula is C13H19NO5S. The summed E-state index contributed by atoms with van der Waals surface area (Å²) in [7, 11) is -2.36. The SMILES string of the molecule is COCc1cccc(S(=O)(=O)NC(C(=O)O)C(C)C)c1. The first-order valence-corrected chi connectivity index (χ1v) is 7.59. The van der Waals surface area contributed by atoms with E-state index >= 15 is 0 Å². The van der Waals surface area contributed by atoms with Crippen molar-refractivity contribution in [3.05, 3.63) is 29.8 Å². The van der Waals surface area contributed by atoms with Gasteiger partial charge in [-0.15, -0.1) is 0 Å². The lowest BCUT2D eigenvalue weighted by Crippen LogP contribution is -2.44. The van der Waals surface area contributed by atoms with Crippen molar-refractivity contribution in [2.45, 2.75) is 31.4 Å². The second-order valence-electron chi connectivity index (χ2n) is 4.76. The number of carboxylic acid groups (broad SMARTS) is 1. The fraction of sp³-hybridized carbons (Fsp3) is 0.462. The van der Waals surface area contributed by atoms with Crippen LogP contribution in [-0.4, -0.2) is 32.6 Å². The van der Waals surface area contributed by atoms with E-state index in [-0.39, 0.29) is 17.4 Å². The van der Waals surface area contributed by atoms with Crippen molar-refractivity contribution < 1.29 is 23.1 Å². The average Bonchev–Trinajstić information content (AvgIpc) is 2.36. The number of benzene rings is 1. The number of ether oxygens (including phenoxy) is 1. The van der Waals surface area contributed by atoms with Gasteiger partial charge >= 0.3 is 5.97 Å². The second-order valence-corrected chi connectivity index (χ2v) is 6.48. The number of carboxylic acids is 1. The van der Waals surface area contributed by atoms with E-state index in [0.29, 0.717) is 5.56 Å². The van der Waals surface area contributed by atoms with Gasteiger partial charge in [-0.05, 0) is 23.6 Å². The lowest BCUT2D eigenvalue weighted by molar-refractivity contribution is -0.140. The molecule has 112 valence electrons. The largest absolute Gasteiger partial charge is 0.480 e. The molecule has 0 aliphatic rings. The second kappa shape index (κ2) is 6.83. The van der Waals surface area contributed by atoms with Crippen LogP contribution >= 0.6 is 0 Å². The Kier molecular flexibility index (Phi) is 5.67. The van der Waals surface area contributed by atoms with Crippen molar-refractivity contribution in [1.82, 2.24) is 4.72 Å². The first kappa shape index (κ1) is 16.6. The molecule has 0 fully saturated rings. The van der Waals surface area contributed by atoms with E-state index in [0.717, 1.165) is 0 Å². The van der Waals surface area contributed by atoms with Gasteiger partial charge in [0.05, 0.1) is 11.5 Å². The third kappa shape index (κ3) is 4.29. The van der Waals surface area contributed by atoms with Crippen LogP contribution in [0.3, 0.4) is 0 Å². The van der Waals surface area contributed by atoms with Crippen LogP contribution in [0.5, 0.6) is 0 Å². The zero-order valence-electron chi connectivity index (χ0n) is 11.7. The van der Waals surface area contributed by atoms with E-state index in [1.165, 1.54) is 19.2 Å². The first-order valence-electron chi connectivity index (χ1n) is 6.11. The third-order valence-electron chi connectivity index (χ3n) is 2.73. The minimum atomic E-state index is -3.88. The molecule has 0 saturated carbocycles. The summed E-state index contributed by atoms with van der Waals surface area (Å²) in [6.07, 6.45) is 0. The molecule has 1 aromatic rings. The van der Waals surface area contributed by atoms with Crippen molar-refractivity contribution >= 4 is 16.0 Å². The van der Waals surface area contributed by atoms with Gasteiger partial charge < -0.3 is 9.84 Å². The molecule has 7 heteroatoms. The smallest absolute Gasteiger partial charge is 0.322 e. The van der Waals surface area contributed by atoms with Gasteiger partial charge in [0.25, 0.3) is 0 Å². The number of hydrogen-bond donors (Lipinski definition) is 2. The topological polar surface area (TPSA) is 92.7 Å². The number of aliphatic carboxylic acids is 1. The molecule has 1 aromatic carbocycles. The van der Waals surface area contributed by atoms with Crippen molar-refractivity contribution in [3.8, 4) is 0 Å². The molecule has 0 spiro atoms. The highest BCUT2D eigenvalue weighted by Gasteiger charge is 2.27. The van der Waals surface area contributed by atoms with E-state index < -0.39 is 22.0 Å². The van der Waals surface area contributed by atoms with E-state index in [4.69, 9.17) is 9.84 Å². The van der Waals surface area contributed by atoms with Crippen LogP contribution in [0.2, 0.25) is 0 Å². The monoisotopic (exact) mass is 301 g/mol. The lowest BCUT2D eigenvalue weighted by Gasteiger charge is -2.18. The highest BCUT2D eigenvalue weighted by Crippen LogP contribution is 2.14. The van der Waals surface area contributed by atoms with Gasteiger partial charge in [-0.3, -0.25) is 4.79 Å². The van der Waals surface area contributed by atoms with Crippen LogP contribution in [0.15, 0.2) is 29.2 Å². The maximum Gasteiger partial charge on any atom is 0.322 e. The molecule has 1 atom stereocenters. The Morgan fingerprint density at radius 3 is 2.55 bits per heavy atom. The van der Waals surface area contributed by atoms with Crippen molar-refractivity contribution in [2.24, 2.45) is 5.92 Å². The molecule has 0 bridgehead atoms. The van der Waals surface area contributed by atoms with E-state index in [2.05, 4.69) is 4.72 Å². The van der Waals surface area contributed by atoms with Gasteiger partial charge in [-0.2, -0.15) is 4.72 Å². The van der Waals surface area contributed by atoms with E-state index in [1.807, 2.05) is 0 Å². The Balaban J connectivity index is 3.04. The van der Waals surface area contributed by atoms with E-state index in [9.17, 15) is 13.2 Å². The summed E-state index contributed by atoms with van der Waals surface area (Å²) in [4.78, 5) is 11.1. The van der Waals surface area contributed by atoms with Crippen LogP contribution < -0.4 is 4.72 Å². The minimum Gasteiger partial charge on any atom is -0.480 e. The normalized spacial score (nSPS) is 13.4. The molecule has 0 heterocycles. The number of methoxy groups -OCH3 is 1. The predicted octanol–water partition coefficient (Wildman–Crippen LogP) is 1.22. The Hall–Kier alpha value is -1.44. The summed E-state index contributed by atoms with van der Waals surface area (Å²) in [6, 6.07) is 5.05. The summed E-state index contributed by atoms with van der Waals surface area (Å²) in [5.74, 6) is -1.55. The number of rotatable bonds is 7. The van der Waals surface area contributed by atoms with Crippen LogP contribution in [0, 0.1) is 5.92 Å². The standard InChI is InChI=1S/C13H19NO5S/c1-9(2)12(13(15)16)14-20(17,18)11-6-4-5-10(7-11)8-19-3/h4-7,9,12,14H,8H2,1-3H3,(H,15,16). The zero-order chi connectivity index (χ0) is 15.3. The molecule has 1 rings (SSSR count). The van der Waals surface area contributed by atoms with Crippen molar-refractivity contribution in [1.29, 1.82) is 0 Å². The minimum absolute atomic E-state index is 0.0268. The van der Waals surface area contributed by atoms with Crippen LogP contribution in [0.1, 0.15) is 19.4 Å². The number of nitrogens with one attached hydrogen (secondary N) is 1. The van der Waals surface area contributed by atoms with Gasteiger partial charge in [0.15, 0.2) is 0 Å². The highest BCUT2D eigenvalue weighted by atomic mass is 32.2. The molecule has 0 aliphatic heterocycles. The fourth-order valence-electron chi connectivity index (χ4n) is 1.68. The third-order valence-corrected chi connectivity index (χ3v) is 4.17. The molecular weight excluding hydrogens is 282 g/mol. The highest BCUT2D eigenvalue weighted by molar-refractivity contribution is 7.89. The summed E-state index contributed by atoms with van der Waals surface area (Å²) in [5, 5.41) is 9.05. The summed E-state index contributed by atoms with van der Waals surface area (Å²) >= 11 is 0. The van der Waals surface area contributed by atoms with Crippen LogP contribution in [0.4, 0.5) is 0 Å². The van der Waals surface area contributed by atoms with Gasteiger partial charge in [-0.25, -0.2) is 8.42 Å². The van der Waals surface area contributed by atoms with Crippen LogP contribution in [-0.2, 0) is 26.2 Å². The maximum absolute atomic E-state index is 12.2. The van der Waals surface area contributed by atoms with Gasteiger partial charge in [0, 0.05) is 7.11 Å². The van der Waals surface area contributed by atoms with E-state index in [1.54, 1.807) is 26.0 Å². The molecule has 0 aliphatic carbocycles. The van der Waals surface area contributed by atoms with Gasteiger partial charge in [0.1, 0.15) is 6.04 Å². The van der Waals surface area contributed by atoms with Crippen molar-refractivity contribution in [3.63, 3.8) is 0 Å². The Labute approximate surface area is 118 Å². The van der Waals surface area contributed by atoms with Crippen molar-refractivity contribution in [2.75, 3.05) is 7.11 Å². The molecule has 0 amide bonds. The fourth-order valence-corrected chi connectivity index (χ4v) is 3.08. The Bertz CT molecular complexity index is 568. The Morgan fingerprint density at radius 2 is 2.05 bits per heavy atom.